The number of rotatable bonds is 12. The van der Waals surface area contributed by atoms with Gasteiger partial charge in [-0.05, 0) is 48.2 Å². The minimum absolute atomic E-state index is 0.000142. The van der Waals surface area contributed by atoms with Gasteiger partial charge in [-0.3, -0.25) is 9.10 Å². The second-order valence-corrected chi connectivity index (χ2v) is 11.3. The average molecular weight is 565 g/mol. The first-order valence-corrected chi connectivity index (χ1v) is 14.1. The van der Waals surface area contributed by atoms with E-state index < -0.39 is 27.8 Å². The number of methoxy groups -OCH3 is 1. The van der Waals surface area contributed by atoms with Gasteiger partial charge in [-0.25, -0.2) is 22.6 Å². The highest BCUT2D eigenvalue weighted by atomic mass is 32.2. The number of thiazole rings is 1. The Hall–Kier alpha value is -3.51. The molecule has 38 heavy (non-hydrogen) atoms. The van der Waals surface area contributed by atoms with Crippen LogP contribution in [0.5, 0.6) is 5.75 Å². The highest BCUT2D eigenvalue weighted by Gasteiger charge is 2.32. The predicted octanol–water partition coefficient (Wildman–Crippen LogP) is 4.60. The number of hydrogen-bond donors (Lipinski definition) is 0. The average Bonchev–Trinajstić information content (AvgIpc) is 3.37. The number of hydrogen-bond acceptors (Lipinski definition) is 9. The number of ether oxygens (including phenoxy) is 3. The quantitative estimate of drug-likeness (QED) is 0.293. The zero-order chi connectivity index (χ0) is 27.9. The maximum Gasteiger partial charge on any atom is 0.360 e. The molecule has 0 spiro atoms. The summed E-state index contributed by atoms with van der Waals surface area (Å²) in [6.07, 6.45) is -0.337. The molecule has 3 aromatic rings. The first kappa shape index (κ1) is 29.1. The Morgan fingerprint density at radius 3 is 2.42 bits per heavy atom. The van der Waals surface area contributed by atoms with Gasteiger partial charge in [0.2, 0.25) is 0 Å². The molecule has 1 aromatic heterocycles. The first-order chi connectivity index (χ1) is 18.1. The summed E-state index contributed by atoms with van der Waals surface area (Å²) in [5.41, 5.74) is 1.77. The molecule has 12 heteroatoms. The molecule has 0 saturated heterocycles. The van der Waals surface area contributed by atoms with Crippen LogP contribution in [-0.4, -0.2) is 45.7 Å². The van der Waals surface area contributed by atoms with Gasteiger partial charge in [-0.1, -0.05) is 32.0 Å². The van der Waals surface area contributed by atoms with Crippen LogP contribution in [-0.2, 0) is 37.3 Å². The lowest BCUT2D eigenvalue weighted by atomic mass is 10.1. The van der Waals surface area contributed by atoms with Crippen molar-refractivity contribution < 1.29 is 36.6 Å². The standard InChI is InChI=1S/C26H29FN2O7S2/c1-5-35-23(30)12-19-8-11-21(13-22(19)27)38(32,33)29(14-18-6-9-20(34-4)10-7-18)25-24(28-16-37-25)26(31)36-15-17(2)3/h6-11,13,16-17H,5,12,14-15H2,1-4H3. The molecule has 0 atom stereocenters. The molecule has 0 N–H and O–H groups in total. The molecule has 9 nitrogen and oxygen atoms in total. The molecule has 0 aliphatic carbocycles. The second-order valence-electron chi connectivity index (χ2n) is 8.59. The van der Waals surface area contributed by atoms with E-state index in [1.165, 1.54) is 24.8 Å². The Kier molecular flexibility index (Phi) is 9.81. The summed E-state index contributed by atoms with van der Waals surface area (Å²) in [5, 5.41) is 0.0329. The van der Waals surface area contributed by atoms with Crippen LogP contribution >= 0.6 is 11.3 Å². The van der Waals surface area contributed by atoms with Crippen molar-refractivity contribution in [2.24, 2.45) is 5.92 Å². The highest BCUT2D eigenvalue weighted by Crippen LogP contribution is 2.33. The molecule has 0 fully saturated rings. The fourth-order valence-electron chi connectivity index (χ4n) is 3.36. The van der Waals surface area contributed by atoms with Crippen molar-refractivity contribution >= 4 is 38.3 Å². The second kappa shape index (κ2) is 12.8. The Balaban J connectivity index is 2.03. The molecule has 0 bridgehead atoms. The molecule has 1 heterocycles. The summed E-state index contributed by atoms with van der Waals surface area (Å²) in [5.74, 6) is -1.61. The van der Waals surface area contributed by atoms with Crippen molar-refractivity contribution in [3.05, 3.63) is 70.6 Å². The van der Waals surface area contributed by atoms with E-state index in [2.05, 4.69) is 4.98 Å². The molecule has 0 radical (unpaired) electrons. The Morgan fingerprint density at radius 2 is 1.82 bits per heavy atom. The Bertz CT molecular complexity index is 1370. The van der Waals surface area contributed by atoms with Gasteiger partial charge < -0.3 is 14.2 Å². The molecule has 0 amide bonds. The monoisotopic (exact) mass is 564 g/mol. The van der Waals surface area contributed by atoms with Crippen LogP contribution in [0.3, 0.4) is 0 Å². The van der Waals surface area contributed by atoms with Crippen molar-refractivity contribution in [2.75, 3.05) is 24.6 Å². The fourth-order valence-corrected chi connectivity index (χ4v) is 5.84. The summed E-state index contributed by atoms with van der Waals surface area (Å²) in [7, 11) is -2.88. The molecule has 0 aliphatic heterocycles. The van der Waals surface area contributed by atoms with Crippen LogP contribution in [0.2, 0.25) is 0 Å². The van der Waals surface area contributed by atoms with Crippen LogP contribution < -0.4 is 9.04 Å². The zero-order valence-electron chi connectivity index (χ0n) is 21.5. The van der Waals surface area contributed by atoms with Crippen molar-refractivity contribution in [3.8, 4) is 5.75 Å². The number of halogens is 1. The number of carbonyl (C=O) groups is 2. The van der Waals surface area contributed by atoms with Crippen LogP contribution in [0.25, 0.3) is 0 Å². The van der Waals surface area contributed by atoms with E-state index in [4.69, 9.17) is 14.2 Å². The van der Waals surface area contributed by atoms with Crippen molar-refractivity contribution in [1.82, 2.24) is 4.98 Å². The van der Waals surface area contributed by atoms with Crippen LogP contribution in [0, 0.1) is 11.7 Å². The van der Waals surface area contributed by atoms with Crippen molar-refractivity contribution in [1.29, 1.82) is 0 Å². The summed E-state index contributed by atoms with van der Waals surface area (Å²) < 4.78 is 58.9. The smallest absolute Gasteiger partial charge is 0.360 e. The van der Waals surface area contributed by atoms with Gasteiger partial charge in [0.1, 0.15) is 16.6 Å². The number of anilines is 1. The lowest BCUT2D eigenvalue weighted by Gasteiger charge is -2.24. The molecular formula is C26H29FN2O7S2. The number of aromatic nitrogens is 1. The predicted molar refractivity (Wildman–Crippen MR) is 140 cm³/mol. The Labute approximate surface area is 225 Å². The van der Waals surface area contributed by atoms with Gasteiger partial charge in [-0.15, -0.1) is 11.3 Å². The van der Waals surface area contributed by atoms with E-state index in [1.807, 2.05) is 13.8 Å². The van der Waals surface area contributed by atoms with Crippen LogP contribution in [0.15, 0.2) is 52.9 Å². The van der Waals surface area contributed by atoms with Gasteiger partial charge in [0.15, 0.2) is 5.69 Å². The largest absolute Gasteiger partial charge is 0.497 e. The van der Waals surface area contributed by atoms with Gasteiger partial charge >= 0.3 is 11.9 Å². The molecule has 204 valence electrons. The first-order valence-electron chi connectivity index (χ1n) is 11.8. The van der Waals surface area contributed by atoms with Gasteiger partial charge in [0.25, 0.3) is 10.0 Å². The van der Waals surface area contributed by atoms with Gasteiger partial charge in [0.05, 0.1) is 43.7 Å². The molecule has 0 saturated carbocycles. The summed E-state index contributed by atoms with van der Waals surface area (Å²) in [6, 6.07) is 10.0. The third-order valence-electron chi connectivity index (χ3n) is 5.25. The summed E-state index contributed by atoms with van der Waals surface area (Å²) in [6.45, 7) is 5.47. The van der Waals surface area contributed by atoms with Crippen LogP contribution in [0.1, 0.15) is 42.4 Å². The van der Waals surface area contributed by atoms with E-state index in [-0.39, 0.29) is 53.3 Å². The topological polar surface area (TPSA) is 112 Å². The normalized spacial score (nSPS) is 11.3. The Morgan fingerprint density at radius 1 is 1.11 bits per heavy atom. The summed E-state index contributed by atoms with van der Waals surface area (Å²) >= 11 is 0.945. The molecule has 0 aliphatic rings. The minimum Gasteiger partial charge on any atom is -0.497 e. The van der Waals surface area contributed by atoms with Crippen LogP contribution in [0.4, 0.5) is 9.39 Å². The molecule has 2 aromatic carbocycles. The SMILES string of the molecule is CCOC(=O)Cc1ccc(S(=O)(=O)N(Cc2ccc(OC)cc2)c2scnc2C(=O)OCC(C)C)cc1F. The molecule has 0 unspecified atom stereocenters. The maximum absolute atomic E-state index is 14.9. The maximum atomic E-state index is 14.9. The number of nitrogens with zero attached hydrogens (tertiary/aromatic N) is 2. The number of sulfonamides is 1. The molecule has 3 rings (SSSR count). The zero-order valence-corrected chi connectivity index (χ0v) is 23.1. The number of benzene rings is 2. The third kappa shape index (κ3) is 7.07. The van der Waals surface area contributed by atoms with E-state index in [0.29, 0.717) is 11.3 Å². The number of esters is 2. The van der Waals surface area contributed by atoms with Gasteiger partial charge in [0, 0.05) is 0 Å². The minimum atomic E-state index is -4.39. The fraction of sp³-hybridized carbons (Fsp3) is 0.346. The number of carbonyl (C=O) groups excluding carboxylic acids is 2. The third-order valence-corrected chi connectivity index (χ3v) is 7.96. The molecular weight excluding hydrogens is 535 g/mol. The lowest BCUT2D eigenvalue weighted by molar-refractivity contribution is -0.142. The van der Waals surface area contributed by atoms with Crippen molar-refractivity contribution in [3.63, 3.8) is 0 Å². The van der Waals surface area contributed by atoms with Gasteiger partial charge in [-0.2, -0.15) is 0 Å². The summed E-state index contributed by atoms with van der Waals surface area (Å²) in [4.78, 5) is 28.3. The van der Waals surface area contributed by atoms with E-state index in [1.54, 1.807) is 31.2 Å². The lowest BCUT2D eigenvalue weighted by Crippen LogP contribution is -2.31. The van der Waals surface area contributed by atoms with E-state index in [0.717, 1.165) is 21.7 Å². The highest BCUT2D eigenvalue weighted by molar-refractivity contribution is 7.93. The van der Waals surface area contributed by atoms with Crippen molar-refractivity contribution in [2.45, 2.75) is 38.6 Å². The van der Waals surface area contributed by atoms with E-state index >= 15 is 0 Å². The van der Waals surface area contributed by atoms with E-state index in [9.17, 15) is 22.4 Å².